The van der Waals surface area contributed by atoms with Crippen LogP contribution < -0.4 is 4.74 Å². The Balaban J connectivity index is 2.31. The molecule has 0 amide bonds. The Morgan fingerprint density at radius 3 is 2.53 bits per heavy atom. The minimum absolute atomic E-state index is 0.191. The van der Waals surface area contributed by atoms with Gasteiger partial charge in [-0.3, -0.25) is 0 Å². The van der Waals surface area contributed by atoms with E-state index in [1.54, 1.807) is 11.3 Å². The molecule has 0 aliphatic heterocycles. The molecule has 0 saturated carbocycles. The average Bonchev–Trinajstić information content (AvgIpc) is 2.70. The summed E-state index contributed by atoms with van der Waals surface area (Å²) < 4.78 is 8.53. The lowest BCUT2D eigenvalue weighted by Gasteiger charge is -2.12. The molecule has 1 aromatic heterocycles. The van der Waals surface area contributed by atoms with Crippen LogP contribution in [0.5, 0.6) is 5.75 Å². The molecule has 2 aromatic rings. The molecule has 1 unspecified atom stereocenters. The molecule has 102 valence electrons. The van der Waals surface area contributed by atoms with Gasteiger partial charge in [0.15, 0.2) is 0 Å². The average molecular weight is 489 g/mol. The number of rotatable bonds is 4. The maximum absolute atomic E-state index is 6.55. The molecular weight excluding hydrogens is 479 g/mol. The Morgan fingerprint density at radius 2 is 2.00 bits per heavy atom. The highest BCUT2D eigenvalue weighted by atomic mass is 79.9. The molecule has 1 nitrogen and oxygen atoms in total. The van der Waals surface area contributed by atoms with Crippen molar-refractivity contribution in [3.05, 3.63) is 47.4 Å². The van der Waals surface area contributed by atoms with Crippen LogP contribution in [0.2, 0.25) is 0 Å². The molecule has 1 atom stereocenters. The Labute approximate surface area is 146 Å². The summed E-state index contributed by atoms with van der Waals surface area (Å²) in [5, 5.41) is -0.191. The third kappa shape index (κ3) is 3.76. The van der Waals surface area contributed by atoms with E-state index < -0.39 is 0 Å². The number of alkyl halides is 1. The largest absolute Gasteiger partial charge is 0.493 e. The van der Waals surface area contributed by atoms with E-state index in [4.69, 9.17) is 16.3 Å². The Morgan fingerprint density at radius 1 is 1.26 bits per heavy atom. The van der Waals surface area contributed by atoms with Gasteiger partial charge in [0.2, 0.25) is 0 Å². The summed E-state index contributed by atoms with van der Waals surface area (Å²) in [4.78, 5) is 0. The van der Waals surface area contributed by atoms with E-state index in [9.17, 15) is 0 Å². The molecule has 0 bridgehead atoms. The SMILES string of the molecule is CCOc1ccc(C(Cl)c2cc(Br)sc2Br)cc1Br. The molecule has 1 heterocycles. The quantitative estimate of drug-likeness (QED) is 0.431. The van der Waals surface area contributed by atoms with E-state index >= 15 is 0 Å². The van der Waals surface area contributed by atoms with Gasteiger partial charge in [-0.1, -0.05) is 6.07 Å². The summed E-state index contributed by atoms with van der Waals surface area (Å²) in [5.41, 5.74) is 2.09. The maximum atomic E-state index is 6.55. The number of ether oxygens (including phenoxy) is 1. The first-order valence-corrected chi connectivity index (χ1v) is 9.17. The zero-order valence-electron chi connectivity index (χ0n) is 9.92. The molecule has 0 aliphatic carbocycles. The van der Waals surface area contributed by atoms with Crippen LogP contribution in [0.1, 0.15) is 23.4 Å². The lowest BCUT2D eigenvalue weighted by Crippen LogP contribution is -1.96. The van der Waals surface area contributed by atoms with Crippen molar-refractivity contribution in [2.75, 3.05) is 6.61 Å². The van der Waals surface area contributed by atoms with Crippen LogP contribution in [-0.2, 0) is 0 Å². The fraction of sp³-hybridized carbons (Fsp3) is 0.231. The maximum Gasteiger partial charge on any atom is 0.133 e. The van der Waals surface area contributed by atoms with E-state index in [1.807, 2.05) is 31.2 Å². The van der Waals surface area contributed by atoms with Crippen molar-refractivity contribution in [3.63, 3.8) is 0 Å². The van der Waals surface area contributed by atoms with Gasteiger partial charge in [0.25, 0.3) is 0 Å². The minimum atomic E-state index is -0.191. The highest BCUT2D eigenvalue weighted by Gasteiger charge is 2.18. The summed E-state index contributed by atoms with van der Waals surface area (Å²) in [5.74, 6) is 0.834. The summed E-state index contributed by atoms with van der Waals surface area (Å²) in [6, 6.07) is 7.97. The standard InChI is InChI=1S/C13H10Br3ClOS/c1-2-18-10-4-3-7(5-9(10)14)12(17)8-6-11(15)19-13(8)16/h3-6,12H,2H2,1H3. The molecule has 0 aliphatic rings. The lowest BCUT2D eigenvalue weighted by molar-refractivity contribution is 0.338. The summed E-state index contributed by atoms with van der Waals surface area (Å²) in [6.07, 6.45) is 0. The van der Waals surface area contributed by atoms with Crippen molar-refractivity contribution >= 4 is 70.7 Å². The van der Waals surface area contributed by atoms with Gasteiger partial charge >= 0.3 is 0 Å². The van der Waals surface area contributed by atoms with Gasteiger partial charge in [-0.15, -0.1) is 22.9 Å². The first-order valence-electron chi connectivity index (χ1n) is 5.54. The Kier molecular flexibility index (Phi) is 5.78. The molecule has 0 saturated heterocycles. The molecule has 1 aromatic carbocycles. The molecule has 0 N–H and O–H groups in total. The molecule has 19 heavy (non-hydrogen) atoms. The van der Waals surface area contributed by atoms with Crippen molar-refractivity contribution in [3.8, 4) is 5.75 Å². The van der Waals surface area contributed by atoms with Gasteiger partial charge in [0.05, 0.1) is 24.0 Å². The second-order valence-electron chi connectivity index (χ2n) is 3.76. The third-order valence-corrected chi connectivity index (χ3v) is 6.00. The molecule has 0 radical (unpaired) electrons. The fourth-order valence-electron chi connectivity index (χ4n) is 1.65. The lowest BCUT2D eigenvalue weighted by atomic mass is 10.1. The van der Waals surface area contributed by atoms with Crippen LogP contribution in [0, 0.1) is 0 Å². The van der Waals surface area contributed by atoms with Gasteiger partial charge in [0, 0.05) is 5.56 Å². The smallest absolute Gasteiger partial charge is 0.133 e. The summed E-state index contributed by atoms with van der Waals surface area (Å²) >= 11 is 18.7. The summed E-state index contributed by atoms with van der Waals surface area (Å²) in [6.45, 7) is 2.61. The number of thiophene rings is 1. The van der Waals surface area contributed by atoms with Gasteiger partial charge in [-0.2, -0.15) is 0 Å². The van der Waals surface area contributed by atoms with Crippen molar-refractivity contribution in [1.29, 1.82) is 0 Å². The monoisotopic (exact) mass is 486 g/mol. The summed E-state index contributed by atoms with van der Waals surface area (Å²) in [7, 11) is 0. The first kappa shape index (κ1) is 15.8. The number of benzene rings is 1. The van der Waals surface area contributed by atoms with Crippen LogP contribution in [0.4, 0.5) is 0 Å². The number of hydrogen-bond acceptors (Lipinski definition) is 2. The van der Waals surface area contributed by atoms with Gasteiger partial charge in [-0.25, -0.2) is 0 Å². The first-order chi connectivity index (χ1) is 9.02. The van der Waals surface area contributed by atoms with Crippen LogP contribution in [0.3, 0.4) is 0 Å². The van der Waals surface area contributed by atoms with Gasteiger partial charge in [0.1, 0.15) is 5.75 Å². The van der Waals surface area contributed by atoms with Crippen LogP contribution in [-0.4, -0.2) is 6.61 Å². The van der Waals surface area contributed by atoms with E-state index in [2.05, 4.69) is 47.8 Å². The highest BCUT2D eigenvalue weighted by molar-refractivity contribution is 9.12. The number of halogens is 4. The Bertz CT molecular complexity index is 585. The molecular formula is C13H10Br3ClOS. The predicted molar refractivity (Wildman–Crippen MR) is 92.7 cm³/mol. The van der Waals surface area contributed by atoms with Crippen molar-refractivity contribution in [1.82, 2.24) is 0 Å². The van der Waals surface area contributed by atoms with E-state index in [0.29, 0.717) is 6.61 Å². The van der Waals surface area contributed by atoms with E-state index in [-0.39, 0.29) is 5.38 Å². The fourth-order valence-corrected chi connectivity index (χ4v) is 5.57. The predicted octanol–water partition coefficient (Wildman–Crippen LogP) is 6.76. The van der Waals surface area contributed by atoms with Crippen molar-refractivity contribution in [2.24, 2.45) is 0 Å². The second kappa shape index (κ2) is 6.94. The minimum Gasteiger partial charge on any atom is -0.493 e. The van der Waals surface area contributed by atoms with E-state index in [1.165, 1.54) is 0 Å². The normalized spacial score (nSPS) is 12.5. The zero-order valence-corrected chi connectivity index (χ0v) is 16.3. The van der Waals surface area contributed by atoms with Crippen LogP contribution in [0.25, 0.3) is 0 Å². The van der Waals surface area contributed by atoms with Crippen LogP contribution >= 0.6 is 70.7 Å². The third-order valence-electron chi connectivity index (χ3n) is 2.50. The van der Waals surface area contributed by atoms with E-state index in [0.717, 1.165) is 28.9 Å². The number of hydrogen-bond donors (Lipinski definition) is 0. The molecule has 0 spiro atoms. The molecule has 0 fully saturated rings. The topological polar surface area (TPSA) is 9.23 Å². The highest BCUT2D eigenvalue weighted by Crippen LogP contribution is 2.42. The van der Waals surface area contributed by atoms with Gasteiger partial charge < -0.3 is 4.74 Å². The second-order valence-corrected chi connectivity index (χ2v) is 8.81. The molecule has 2 rings (SSSR count). The Hall–Kier alpha value is 0.450. The molecule has 6 heteroatoms. The van der Waals surface area contributed by atoms with Crippen molar-refractivity contribution < 1.29 is 4.74 Å². The van der Waals surface area contributed by atoms with Gasteiger partial charge in [-0.05, 0) is 78.5 Å². The zero-order chi connectivity index (χ0) is 14.0. The van der Waals surface area contributed by atoms with Crippen LogP contribution in [0.15, 0.2) is 36.3 Å². The van der Waals surface area contributed by atoms with Crippen molar-refractivity contribution in [2.45, 2.75) is 12.3 Å².